The number of ether oxygens (including phenoxy) is 1. The van der Waals surface area contributed by atoms with Crippen molar-refractivity contribution >= 4 is 21.9 Å². The van der Waals surface area contributed by atoms with E-state index in [4.69, 9.17) is 9.84 Å². The van der Waals surface area contributed by atoms with Gasteiger partial charge in [0.2, 0.25) is 15.9 Å². The number of hydrogen-bond donors (Lipinski definition) is 3. The second kappa shape index (κ2) is 8.25. The van der Waals surface area contributed by atoms with Gasteiger partial charge in [0, 0.05) is 0 Å². The number of carboxylic acids is 1. The second-order valence-corrected chi connectivity index (χ2v) is 7.69. The van der Waals surface area contributed by atoms with Gasteiger partial charge in [-0.25, -0.2) is 17.9 Å². The molecule has 3 N–H and O–H groups in total. The van der Waals surface area contributed by atoms with Crippen LogP contribution in [0.1, 0.15) is 20.8 Å². The fourth-order valence-electron chi connectivity index (χ4n) is 1.54. The van der Waals surface area contributed by atoms with Crippen LogP contribution >= 0.6 is 0 Å². The van der Waals surface area contributed by atoms with Gasteiger partial charge in [0.15, 0.2) is 6.04 Å². The standard InChI is InChI=1S/C13H24N2O6S/c1-6-7-21-8-9(12(17)18)14-11(16)10(13(2,3)4)15-22(5,19)20/h6,9-10,15H,1,7-8H2,2-5H3,(H,14,16)(H,17,18). The van der Waals surface area contributed by atoms with Crippen LogP contribution in [0, 0.1) is 5.41 Å². The summed E-state index contributed by atoms with van der Waals surface area (Å²) in [5.41, 5.74) is -0.738. The lowest BCUT2D eigenvalue weighted by molar-refractivity contribution is -0.144. The van der Waals surface area contributed by atoms with Crippen LogP contribution in [0.2, 0.25) is 0 Å². The summed E-state index contributed by atoms with van der Waals surface area (Å²) >= 11 is 0. The number of amides is 1. The van der Waals surface area contributed by atoms with Crippen molar-refractivity contribution in [1.29, 1.82) is 0 Å². The van der Waals surface area contributed by atoms with Gasteiger partial charge in [0.05, 0.1) is 19.5 Å². The van der Waals surface area contributed by atoms with E-state index in [9.17, 15) is 18.0 Å². The highest BCUT2D eigenvalue weighted by molar-refractivity contribution is 7.88. The predicted molar refractivity (Wildman–Crippen MR) is 81.8 cm³/mol. The van der Waals surface area contributed by atoms with Crippen LogP contribution < -0.4 is 10.0 Å². The minimum atomic E-state index is -3.63. The van der Waals surface area contributed by atoms with Crippen molar-refractivity contribution in [3.05, 3.63) is 12.7 Å². The highest BCUT2D eigenvalue weighted by Crippen LogP contribution is 2.20. The molecule has 0 aliphatic carbocycles. The summed E-state index contributed by atoms with van der Waals surface area (Å²) in [7, 11) is -3.63. The molecule has 0 rings (SSSR count). The minimum Gasteiger partial charge on any atom is -0.480 e. The van der Waals surface area contributed by atoms with E-state index in [1.54, 1.807) is 20.8 Å². The van der Waals surface area contributed by atoms with Gasteiger partial charge in [0.25, 0.3) is 0 Å². The highest BCUT2D eigenvalue weighted by atomic mass is 32.2. The van der Waals surface area contributed by atoms with E-state index in [0.717, 1.165) is 6.26 Å². The van der Waals surface area contributed by atoms with Crippen LogP contribution in [0.4, 0.5) is 0 Å². The lowest BCUT2D eigenvalue weighted by Crippen LogP contribution is -2.57. The Morgan fingerprint density at radius 3 is 2.27 bits per heavy atom. The number of aliphatic carboxylic acids is 1. The number of sulfonamides is 1. The van der Waals surface area contributed by atoms with Crippen LogP contribution in [-0.2, 0) is 24.3 Å². The number of carbonyl (C=O) groups excluding carboxylic acids is 1. The third kappa shape index (κ3) is 8.11. The Balaban J connectivity index is 5.05. The quantitative estimate of drug-likeness (QED) is 0.393. The van der Waals surface area contributed by atoms with Crippen LogP contribution in [-0.4, -0.2) is 57.0 Å². The number of carboxylic acid groups (broad SMARTS) is 1. The lowest BCUT2D eigenvalue weighted by atomic mass is 9.87. The molecule has 9 heteroatoms. The van der Waals surface area contributed by atoms with E-state index in [2.05, 4.69) is 16.6 Å². The summed E-state index contributed by atoms with van der Waals surface area (Å²) in [4.78, 5) is 23.4. The Bertz CT molecular complexity index is 509. The van der Waals surface area contributed by atoms with E-state index >= 15 is 0 Å². The maximum atomic E-state index is 12.2. The molecule has 0 bridgehead atoms. The zero-order chi connectivity index (χ0) is 17.6. The number of nitrogens with one attached hydrogen (secondary N) is 2. The van der Waals surface area contributed by atoms with E-state index in [0.29, 0.717) is 0 Å². The smallest absolute Gasteiger partial charge is 0.328 e. The molecule has 0 aliphatic heterocycles. The third-order valence-electron chi connectivity index (χ3n) is 2.59. The number of carbonyl (C=O) groups is 2. The van der Waals surface area contributed by atoms with Crippen molar-refractivity contribution in [2.75, 3.05) is 19.5 Å². The Labute approximate surface area is 131 Å². The van der Waals surface area contributed by atoms with E-state index in [1.807, 2.05) is 0 Å². The molecule has 0 aromatic carbocycles. The average molecular weight is 336 g/mol. The molecule has 0 aromatic rings. The van der Waals surface area contributed by atoms with Gasteiger partial charge in [-0.1, -0.05) is 26.8 Å². The number of rotatable bonds is 9. The molecule has 8 nitrogen and oxygen atoms in total. The minimum absolute atomic E-state index is 0.143. The molecular formula is C13H24N2O6S. The first-order valence-corrected chi connectivity index (χ1v) is 8.46. The van der Waals surface area contributed by atoms with Crippen molar-refractivity contribution in [3.63, 3.8) is 0 Å². The first kappa shape index (κ1) is 20.6. The largest absolute Gasteiger partial charge is 0.480 e. The van der Waals surface area contributed by atoms with Gasteiger partial charge >= 0.3 is 5.97 Å². The summed E-state index contributed by atoms with van der Waals surface area (Å²) in [6.07, 6.45) is 2.38. The Morgan fingerprint density at radius 2 is 1.91 bits per heavy atom. The van der Waals surface area contributed by atoms with E-state index in [1.165, 1.54) is 6.08 Å². The third-order valence-corrected chi connectivity index (χ3v) is 3.26. The number of hydrogen-bond acceptors (Lipinski definition) is 5. The summed E-state index contributed by atoms with van der Waals surface area (Å²) in [6, 6.07) is -2.39. The van der Waals surface area contributed by atoms with E-state index in [-0.39, 0.29) is 13.2 Å². The topological polar surface area (TPSA) is 122 Å². The summed E-state index contributed by atoms with van der Waals surface area (Å²) < 4.78 is 30.0. The molecular weight excluding hydrogens is 312 g/mol. The summed E-state index contributed by atoms with van der Waals surface area (Å²) in [5, 5.41) is 11.4. The molecule has 0 heterocycles. The van der Waals surface area contributed by atoms with Crippen LogP contribution in [0.5, 0.6) is 0 Å². The van der Waals surface area contributed by atoms with Crippen molar-refractivity contribution in [2.24, 2.45) is 5.41 Å². The van der Waals surface area contributed by atoms with Gasteiger partial charge in [-0.2, -0.15) is 0 Å². The van der Waals surface area contributed by atoms with Crippen LogP contribution in [0.3, 0.4) is 0 Å². The van der Waals surface area contributed by atoms with Gasteiger partial charge < -0.3 is 15.2 Å². The Morgan fingerprint density at radius 1 is 1.36 bits per heavy atom. The van der Waals surface area contributed by atoms with Crippen molar-refractivity contribution < 1.29 is 27.9 Å². The summed E-state index contributed by atoms with van der Waals surface area (Å²) in [5.74, 6) is -2.00. The lowest BCUT2D eigenvalue weighted by Gasteiger charge is -2.30. The molecule has 0 saturated carbocycles. The molecule has 2 unspecified atom stereocenters. The molecule has 0 saturated heterocycles. The normalized spacial score (nSPS) is 14.9. The summed E-state index contributed by atoms with van der Waals surface area (Å²) in [6.45, 7) is 8.32. The average Bonchev–Trinajstić information content (AvgIpc) is 2.32. The first-order chi connectivity index (χ1) is 9.88. The molecule has 0 radical (unpaired) electrons. The van der Waals surface area contributed by atoms with E-state index < -0.39 is 39.4 Å². The van der Waals surface area contributed by atoms with Crippen LogP contribution in [0.15, 0.2) is 12.7 Å². The zero-order valence-electron chi connectivity index (χ0n) is 13.3. The van der Waals surface area contributed by atoms with Gasteiger partial charge in [-0.15, -0.1) is 6.58 Å². The fraction of sp³-hybridized carbons (Fsp3) is 0.692. The Hall–Kier alpha value is -1.45. The molecule has 0 fully saturated rings. The van der Waals surface area contributed by atoms with Gasteiger partial charge in [-0.3, -0.25) is 4.79 Å². The second-order valence-electron chi connectivity index (χ2n) is 5.91. The van der Waals surface area contributed by atoms with Crippen molar-refractivity contribution in [3.8, 4) is 0 Å². The molecule has 0 aromatic heterocycles. The predicted octanol–water partition coefficient (Wildman–Crippen LogP) is -0.278. The molecule has 22 heavy (non-hydrogen) atoms. The highest BCUT2D eigenvalue weighted by Gasteiger charge is 2.35. The zero-order valence-corrected chi connectivity index (χ0v) is 14.1. The molecule has 0 aliphatic rings. The van der Waals surface area contributed by atoms with Crippen LogP contribution in [0.25, 0.3) is 0 Å². The molecule has 2 atom stereocenters. The van der Waals surface area contributed by atoms with Crippen molar-refractivity contribution in [2.45, 2.75) is 32.9 Å². The van der Waals surface area contributed by atoms with Gasteiger partial charge in [0.1, 0.15) is 6.04 Å². The molecule has 0 spiro atoms. The monoisotopic (exact) mass is 336 g/mol. The maximum absolute atomic E-state index is 12.2. The fourth-order valence-corrected chi connectivity index (χ4v) is 2.43. The van der Waals surface area contributed by atoms with Gasteiger partial charge in [-0.05, 0) is 5.41 Å². The molecule has 1 amide bonds. The Kier molecular flexibility index (Phi) is 7.71. The molecule has 128 valence electrons. The SMILES string of the molecule is C=CCOCC(NC(=O)C(NS(C)(=O)=O)C(C)(C)C)C(=O)O. The first-order valence-electron chi connectivity index (χ1n) is 6.57. The maximum Gasteiger partial charge on any atom is 0.328 e. The van der Waals surface area contributed by atoms with Crippen molar-refractivity contribution in [1.82, 2.24) is 10.0 Å².